The molecule has 3 aromatic rings. The Morgan fingerprint density at radius 3 is 1.73 bits per heavy atom. The highest BCUT2D eigenvalue weighted by molar-refractivity contribution is 6.12. The van der Waals surface area contributed by atoms with E-state index >= 15 is 0 Å². The first-order valence-electron chi connectivity index (χ1n) is 7.94. The molecule has 0 aliphatic heterocycles. The molecule has 0 aliphatic rings. The average molecular weight is 352 g/mol. The van der Waals surface area contributed by atoms with Crippen LogP contribution in [0.2, 0.25) is 0 Å². The first-order valence-corrected chi connectivity index (χ1v) is 7.94. The normalized spacial score (nSPS) is 11.5. The zero-order chi connectivity index (χ0) is 18.4. The first-order chi connectivity index (χ1) is 12.6. The summed E-state index contributed by atoms with van der Waals surface area (Å²) < 4.78 is 39.2. The summed E-state index contributed by atoms with van der Waals surface area (Å²) in [5.41, 5.74) is 1.50. The quantitative estimate of drug-likeness (QED) is 0.433. The second-order valence-electron chi connectivity index (χ2n) is 5.51. The molecular weight excluding hydrogens is 337 g/mol. The van der Waals surface area contributed by atoms with Gasteiger partial charge in [0.05, 0.1) is 11.8 Å². The van der Waals surface area contributed by atoms with Crippen LogP contribution in [0, 0.1) is 0 Å². The minimum absolute atomic E-state index is 0.0239. The molecule has 0 N–H and O–H groups in total. The molecule has 0 amide bonds. The highest BCUT2D eigenvalue weighted by Crippen LogP contribution is 2.31. The highest BCUT2D eigenvalue weighted by Gasteiger charge is 2.32. The van der Waals surface area contributed by atoms with Gasteiger partial charge in [0, 0.05) is 16.7 Å². The van der Waals surface area contributed by atoms with Crippen LogP contribution in [-0.2, 0) is 6.18 Å². The summed E-state index contributed by atoms with van der Waals surface area (Å²) in [6.45, 7) is 0. The Kier molecular flexibility index (Phi) is 5.27. The lowest BCUT2D eigenvalue weighted by atomic mass is 10.0. The van der Waals surface area contributed by atoms with E-state index < -0.39 is 11.7 Å². The third-order valence-corrected chi connectivity index (χ3v) is 3.72. The van der Waals surface area contributed by atoms with Crippen molar-refractivity contribution in [1.82, 2.24) is 0 Å². The second-order valence-corrected chi connectivity index (χ2v) is 5.51. The molecule has 0 saturated heterocycles. The van der Waals surface area contributed by atoms with E-state index in [-0.39, 0.29) is 5.56 Å². The number of halogens is 3. The summed E-state index contributed by atoms with van der Waals surface area (Å²) in [6.07, 6.45) is -3.30. The van der Waals surface area contributed by atoms with Crippen molar-refractivity contribution >= 4 is 11.9 Å². The Morgan fingerprint density at radius 2 is 1.19 bits per heavy atom. The van der Waals surface area contributed by atoms with Crippen LogP contribution in [0.15, 0.2) is 95.1 Å². The van der Waals surface area contributed by atoms with Crippen LogP contribution in [0.25, 0.3) is 0 Å². The maximum Gasteiger partial charge on any atom is 0.417 e. The molecule has 0 atom stereocenters. The number of hydrogen-bond acceptors (Lipinski definition) is 2. The van der Waals surface area contributed by atoms with Gasteiger partial charge in [-0.15, -0.1) is 5.10 Å². The van der Waals surface area contributed by atoms with E-state index in [9.17, 15) is 13.2 Å². The lowest BCUT2D eigenvalue weighted by Gasteiger charge is -2.09. The van der Waals surface area contributed by atoms with Crippen LogP contribution < -0.4 is 0 Å². The Hall–Kier alpha value is -3.21. The number of nitrogens with zero attached hydrogens (tertiary/aromatic N) is 2. The molecule has 0 unspecified atom stereocenters. The van der Waals surface area contributed by atoms with Gasteiger partial charge in [-0.2, -0.15) is 18.3 Å². The summed E-state index contributed by atoms with van der Waals surface area (Å²) in [5, 5.41) is 8.13. The Bertz CT molecular complexity index is 873. The standard InChI is InChI=1S/C21H15F3N2/c22-21(23,24)19-14-8-7-13-18(19)15-25-26-20(16-9-3-1-4-10-16)17-11-5-2-6-12-17/h1-15H. The van der Waals surface area contributed by atoms with E-state index in [0.717, 1.165) is 23.4 Å². The zero-order valence-corrected chi connectivity index (χ0v) is 13.7. The maximum atomic E-state index is 13.1. The lowest BCUT2D eigenvalue weighted by Crippen LogP contribution is -2.08. The van der Waals surface area contributed by atoms with Gasteiger partial charge in [0.2, 0.25) is 0 Å². The fraction of sp³-hybridized carbons (Fsp3) is 0.0476. The van der Waals surface area contributed by atoms with E-state index in [1.54, 1.807) is 0 Å². The largest absolute Gasteiger partial charge is 0.417 e. The van der Waals surface area contributed by atoms with Crippen LogP contribution in [0.4, 0.5) is 13.2 Å². The van der Waals surface area contributed by atoms with Gasteiger partial charge in [-0.1, -0.05) is 78.9 Å². The van der Waals surface area contributed by atoms with Crippen LogP contribution in [0.5, 0.6) is 0 Å². The van der Waals surface area contributed by atoms with Crippen molar-refractivity contribution in [2.45, 2.75) is 6.18 Å². The molecule has 3 aromatic carbocycles. The van der Waals surface area contributed by atoms with E-state index in [0.29, 0.717) is 5.71 Å². The minimum Gasteiger partial charge on any atom is -0.166 e. The summed E-state index contributed by atoms with van der Waals surface area (Å²) in [4.78, 5) is 0. The van der Waals surface area contributed by atoms with Gasteiger partial charge < -0.3 is 0 Å². The summed E-state index contributed by atoms with van der Waals surface area (Å²) >= 11 is 0. The van der Waals surface area contributed by atoms with Gasteiger partial charge in [0.25, 0.3) is 0 Å². The third-order valence-electron chi connectivity index (χ3n) is 3.72. The minimum atomic E-state index is -4.44. The fourth-order valence-corrected chi connectivity index (χ4v) is 2.49. The molecule has 0 saturated carbocycles. The summed E-state index contributed by atoms with van der Waals surface area (Å²) in [7, 11) is 0. The Balaban J connectivity index is 1.99. The zero-order valence-electron chi connectivity index (χ0n) is 13.7. The van der Waals surface area contributed by atoms with E-state index in [2.05, 4.69) is 10.2 Å². The average Bonchev–Trinajstić information content (AvgIpc) is 2.66. The summed E-state index contributed by atoms with van der Waals surface area (Å²) in [6, 6.07) is 24.1. The van der Waals surface area contributed by atoms with Crippen LogP contribution >= 0.6 is 0 Å². The van der Waals surface area contributed by atoms with Crippen molar-refractivity contribution in [3.05, 3.63) is 107 Å². The predicted molar refractivity (Wildman–Crippen MR) is 97.6 cm³/mol. The number of benzene rings is 3. The van der Waals surface area contributed by atoms with Crippen molar-refractivity contribution in [2.24, 2.45) is 10.2 Å². The second kappa shape index (κ2) is 7.78. The fourth-order valence-electron chi connectivity index (χ4n) is 2.49. The van der Waals surface area contributed by atoms with Gasteiger partial charge in [-0.3, -0.25) is 0 Å². The molecule has 0 fully saturated rings. The van der Waals surface area contributed by atoms with Crippen LogP contribution in [-0.4, -0.2) is 11.9 Å². The molecule has 130 valence electrons. The van der Waals surface area contributed by atoms with Crippen molar-refractivity contribution < 1.29 is 13.2 Å². The SMILES string of the molecule is FC(F)(F)c1ccccc1C=NN=C(c1ccccc1)c1ccccc1. The van der Waals surface area contributed by atoms with Crippen LogP contribution in [0.3, 0.4) is 0 Å². The van der Waals surface area contributed by atoms with Crippen molar-refractivity contribution in [1.29, 1.82) is 0 Å². The smallest absolute Gasteiger partial charge is 0.166 e. The Morgan fingerprint density at radius 1 is 0.692 bits per heavy atom. The Labute approximate surface area is 149 Å². The molecule has 0 spiro atoms. The molecule has 0 aromatic heterocycles. The van der Waals surface area contributed by atoms with Gasteiger partial charge in [-0.05, 0) is 6.07 Å². The molecule has 3 rings (SSSR count). The summed E-state index contributed by atoms with van der Waals surface area (Å²) in [5.74, 6) is 0. The topological polar surface area (TPSA) is 24.7 Å². The first kappa shape index (κ1) is 17.6. The van der Waals surface area contributed by atoms with Gasteiger partial charge in [0.1, 0.15) is 5.71 Å². The van der Waals surface area contributed by atoms with Crippen LogP contribution in [0.1, 0.15) is 22.3 Å². The van der Waals surface area contributed by atoms with E-state index in [1.165, 1.54) is 18.2 Å². The molecule has 2 nitrogen and oxygen atoms in total. The number of alkyl halides is 3. The van der Waals surface area contributed by atoms with Gasteiger partial charge >= 0.3 is 6.18 Å². The molecule has 0 aliphatic carbocycles. The van der Waals surface area contributed by atoms with Gasteiger partial charge in [-0.25, -0.2) is 0 Å². The number of rotatable bonds is 4. The predicted octanol–water partition coefficient (Wildman–Crippen LogP) is 5.58. The molecule has 26 heavy (non-hydrogen) atoms. The van der Waals surface area contributed by atoms with Crippen molar-refractivity contribution in [3.63, 3.8) is 0 Å². The highest BCUT2D eigenvalue weighted by atomic mass is 19.4. The van der Waals surface area contributed by atoms with E-state index in [1.807, 2.05) is 60.7 Å². The van der Waals surface area contributed by atoms with Crippen molar-refractivity contribution in [2.75, 3.05) is 0 Å². The molecule has 0 radical (unpaired) electrons. The third kappa shape index (κ3) is 4.25. The monoisotopic (exact) mass is 352 g/mol. The van der Waals surface area contributed by atoms with Crippen molar-refractivity contribution in [3.8, 4) is 0 Å². The van der Waals surface area contributed by atoms with Gasteiger partial charge in [0.15, 0.2) is 0 Å². The number of hydrogen-bond donors (Lipinski definition) is 0. The maximum absolute atomic E-state index is 13.1. The lowest BCUT2D eigenvalue weighted by molar-refractivity contribution is -0.137. The molecule has 5 heteroatoms. The molecule has 0 bridgehead atoms. The van der Waals surface area contributed by atoms with E-state index in [4.69, 9.17) is 0 Å². The molecule has 0 heterocycles. The molecular formula is C21H15F3N2.